The molecule has 4 nitrogen and oxygen atoms in total. The quantitative estimate of drug-likeness (QED) is 0.801. The Balaban J connectivity index is 2.09. The molecule has 2 heterocycles. The summed E-state index contributed by atoms with van der Waals surface area (Å²) in [5.41, 5.74) is 1.20. The number of nitrogens with zero attached hydrogens (tertiary/aromatic N) is 2. The Bertz CT molecular complexity index is 780. The fourth-order valence-electron chi connectivity index (χ4n) is 2.25. The number of fused-ring (bicyclic) bond motifs is 1. The van der Waals surface area contributed by atoms with Gasteiger partial charge in [-0.15, -0.1) is 0 Å². The number of hydrogen-bond donors (Lipinski definition) is 0. The molecule has 0 bridgehead atoms. The van der Waals surface area contributed by atoms with E-state index in [1.54, 1.807) is 6.07 Å². The van der Waals surface area contributed by atoms with Crippen LogP contribution in [0, 0.1) is 5.82 Å². The van der Waals surface area contributed by atoms with Crippen molar-refractivity contribution in [2.75, 3.05) is 10.8 Å². The zero-order valence-corrected chi connectivity index (χ0v) is 11.8. The van der Waals surface area contributed by atoms with Gasteiger partial charge in [0.2, 0.25) is 0 Å². The van der Waals surface area contributed by atoms with Gasteiger partial charge in [0.25, 0.3) is 10.0 Å². The van der Waals surface area contributed by atoms with Crippen molar-refractivity contribution < 1.29 is 12.8 Å². The van der Waals surface area contributed by atoms with E-state index in [0.29, 0.717) is 18.7 Å². The number of benzene rings is 1. The largest absolute Gasteiger partial charge is 0.266 e. The monoisotopic (exact) mass is 312 g/mol. The van der Waals surface area contributed by atoms with Crippen LogP contribution in [-0.2, 0) is 16.4 Å². The smallest absolute Gasteiger partial charge is 0.264 e. The molecule has 0 fully saturated rings. The lowest BCUT2D eigenvalue weighted by molar-refractivity contribution is 0.592. The van der Waals surface area contributed by atoms with Crippen LogP contribution in [0.1, 0.15) is 5.56 Å². The Morgan fingerprint density at radius 1 is 1.25 bits per heavy atom. The zero-order valence-electron chi connectivity index (χ0n) is 10.3. The first-order chi connectivity index (χ1) is 9.48. The van der Waals surface area contributed by atoms with Crippen LogP contribution >= 0.6 is 11.6 Å². The maximum Gasteiger partial charge on any atom is 0.264 e. The van der Waals surface area contributed by atoms with Crippen molar-refractivity contribution in [3.8, 4) is 0 Å². The molecule has 1 aliphatic heterocycles. The van der Waals surface area contributed by atoms with Crippen LogP contribution in [0.3, 0.4) is 0 Å². The van der Waals surface area contributed by atoms with E-state index in [1.807, 2.05) is 0 Å². The highest BCUT2D eigenvalue weighted by Gasteiger charge is 2.31. The molecule has 0 aliphatic carbocycles. The van der Waals surface area contributed by atoms with E-state index in [1.165, 1.54) is 34.8 Å². The standard InChI is InChI=1S/C13H10ClFN2O2S/c14-13-8-11(3-5-16-13)20(18,19)17-6-4-9-1-2-10(15)7-12(9)17/h1-3,5,7-8H,4,6H2. The summed E-state index contributed by atoms with van der Waals surface area (Å²) in [7, 11) is -3.75. The second-order valence-electron chi connectivity index (χ2n) is 4.41. The highest BCUT2D eigenvalue weighted by Crippen LogP contribution is 2.33. The number of sulfonamides is 1. The molecule has 0 N–H and O–H groups in total. The molecule has 20 heavy (non-hydrogen) atoms. The van der Waals surface area contributed by atoms with Gasteiger partial charge >= 0.3 is 0 Å². The van der Waals surface area contributed by atoms with Gasteiger partial charge in [-0.25, -0.2) is 17.8 Å². The lowest BCUT2D eigenvalue weighted by Crippen LogP contribution is -2.29. The van der Waals surface area contributed by atoms with E-state index >= 15 is 0 Å². The molecule has 7 heteroatoms. The predicted octanol–water partition coefficient (Wildman–Crippen LogP) is 2.63. The lowest BCUT2D eigenvalue weighted by Gasteiger charge is -2.19. The second-order valence-corrected chi connectivity index (χ2v) is 6.66. The Labute approximate surface area is 120 Å². The summed E-state index contributed by atoms with van der Waals surface area (Å²) in [5.74, 6) is -0.460. The number of hydrogen-bond acceptors (Lipinski definition) is 3. The van der Waals surface area contributed by atoms with Gasteiger partial charge in [-0.1, -0.05) is 17.7 Å². The molecule has 0 saturated heterocycles. The van der Waals surface area contributed by atoms with Gasteiger partial charge in [0.1, 0.15) is 11.0 Å². The van der Waals surface area contributed by atoms with E-state index in [9.17, 15) is 12.8 Å². The van der Waals surface area contributed by atoms with Crippen molar-refractivity contribution >= 4 is 27.3 Å². The SMILES string of the molecule is O=S(=O)(c1ccnc(Cl)c1)N1CCc2ccc(F)cc21. The number of aromatic nitrogens is 1. The summed E-state index contributed by atoms with van der Waals surface area (Å²) in [4.78, 5) is 3.81. The van der Waals surface area contributed by atoms with Gasteiger partial charge in [-0.3, -0.25) is 4.31 Å². The van der Waals surface area contributed by atoms with Crippen molar-refractivity contribution in [1.29, 1.82) is 0 Å². The Morgan fingerprint density at radius 2 is 2.05 bits per heavy atom. The summed E-state index contributed by atoms with van der Waals surface area (Å²) in [6.07, 6.45) is 1.89. The second kappa shape index (κ2) is 4.71. The van der Waals surface area contributed by atoms with E-state index in [-0.39, 0.29) is 10.0 Å². The van der Waals surface area contributed by atoms with Crippen LogP contribution in [-0.4, -0.2) is 19.9 Å². The third kappa shape index (κ3) is 2.14. The molecule has 0 amide bonds. The van der Waals surface area contributed by atoms with Gasteiger partial charge in [0.15, 0.2) is 0 Å². The van der Waals surface area contributed by atoms with Crippen molar-refractivity contribution in [1.82, 2.24) is 4.98 Å². The molecular weight excluding hydrogens is 303 g/mol. The van der Waals surface area contributed by atoms with Crippen LogP contribution in [0.15, 0.2) is 41.4 Å². The summed E-state index contributed by atoms with van der Waals surface area (Å²) in [6, 6.07) is 6.84. The van der Waals surface area contributed by atoms with Crippen molar-refractivity contribution in [3.05, 3.63) is 53.1 Å². The first-order valence-electron chi connectivity index (χ1n) is 5.91. The van der Waals surface area contributed by atoms with Gasteiger partial charge in [0.05, 0.1) is 10.6 Å². The predicted molar refractivity (Wildman–Crippen MR) is 73.9 cm³/mol. The first-order valence-corrected chi connectivity index (χ1v) is 7.73. The Kier molecular flexibility index (Phi) is 3.14. The highest BCUT2D eigenvalue weighted by atomic mass is 35.5. The minimum Gasteiger partial charge on any atom is -0.266 e. The molecule has 3 rings (SSSR count). The molecule has 1 aromatic heterocycles. The third-order valence-electron chi connectivity index (χ3n) is 3.19. The average molecular weight is 313 g/mol. The Morgan fingerprint density at radius 3 is 2.80 bits per heavy atom. The molecule has 0 unspecified atom stereocenters. The van der Waals surface area contributed by atoms with Crippen LogP contribution < -0.4 is 4.31 Å². The van der Waals surface area contributed by atoms with Gasteiger partial charge in [-0.05, 0) is 36.2 Å². The summed E-state index contributed by atoms with van der Waals surface area (Å²) >= 11 is 5.73. The highest BCUT2D eigenvalue weighted by molar-refractivity contribution is 7.92. The fraction of sp³-hybridized carbons (Fsp3) is 0.154. The summed E-state index contributed by atoms with van der Waals surface area (Å²) < 4.78 is 39.7. The van der Waals surface area contributed by atoms with Crippen LogP contribution in [0.25, 0.3) is 0 Å². The normalized spacial score (nSPS) is 14.4. The number of halogens is 2. The molecule has 0 radical (unpaired) electrons. The molecule has 2 aromatic rings. The number of rotatable bonds is 2. The van der Waals surface area contributed by atoms with Crippen LogP contribution in [0.4, 0.5) is 10.1 Å². The molecule has 0 saturated carbocycles. The maximum absolute atomic E-state index is 13.3. The molecule has 104 valence electrons. The molecule has 1 aliphatic rings. The molecule has 0 spiro atoms. The van der Waals surface area contributed by atoms with E-state index in [0.717, 1.165) is 5.56 Å². The third-order valence-corrected chi connectivity index (χ3v) is 5.20. The van der Waals surface area contributed by atoms with Gasteiger partial charge < -0.3 is 0 Å². The van der Waals surface area contributed by atoms with Gasteiger partial charge in [-0.2, -0.15) is 0 Å². The summed E-state index contributed by atoms with van der Waals surface area (Å²) in [5, 5.41) is 0.102. The number of anilines is 1. The van der Waals surface area contributed by atoms with Gasteiger partial charge in [0, 0.05) is 12.7 Å². The first kappa shape index (κ1) is 13.3. The topological polar surface area (TPSA) is 50.3 Å². The lowest BCUT2D eigenvalue weighted by atomic mass is 10.2. The maximum atomic E-state index is 13.3. The van der Waals surface area contributed by atoms with E-state index < -0.39 is 15.8 Å². The zero-order chi connectivity index (χ0) is 14.3. The fourth-order valence-corrected chi connectivity index (χ4v) is 3.99. The van der Waals surface area contributed by atoms with E-state index in [4.69, 9.17) is 11.6 Å². The summed E-state index contributed by atoms with van der Waals surface area (Å²) in [6.45, 7) is 0.293. The minimum absolute atomic E-state index is 0.0506. The molecule has 0 atom stereocenters. The van der Waals surface area contributed by atoms with Crippen LogP contribution in [0.2, 0.25) is 5.15 Å². The van der Waals surface area contributed by atoms with Crippen LogP contribution in [0.5, 0.6) is 0 Å². The van der Waals surface area contributed by atoms with Crippen molar-refractivity contribution in [3.63, 3.8) is 0 Å². The number of pyridine rings is 1. The molecule has 1 aromatic carbocycles. The minimum atomic E-state index is -3.75. The average Bonchev–Trinajstić information content (AvgIpc) is 2.82. The van der Waals surface area contributed by atoms with Crippen molar-refractivity contribution in [2.45, 2.75) is 11.3 Å². The Hall–Kier alpha value is -1.66. The van der Waals surface area contributed by atoms with E-state index in [2.05, 4.69) is 4.98 Å². The molecular formula is C13H10ClFN2O2S. The van der Waals surface area contributed by atoms with Crippen molar-refractivity contribution in [2.24, 2.45) is 0 Å².